The number of hydrogen-bond acceptors (Lipinski definition) is 7. The van der Waals surface area contributed by atoms with E-state index in [2.05, 4.69) is 26.0 Å². The van der Waals surface area contributed by atoms with Crippen molar-refractivity contribution < 1.29 is 28.0 Å². The maximum absolute atomic E-state index is 13.8. The molecule has 3 heterocycles. The van der Waals surface area contributed by atoms with Gasteiger partial charge in [0.05, 0.1) is 23.8 Å². The SMILES string of the molecule is Cc1noc(C)c1CN1CCN[C@@H]([C@@H](O)[C@H](Cc2cc(F)cc(F)c2)NC(=O)C2CNC(=O)C2)C1. The molecule has 11 heteroatoms. The summed E-state index contributed by atoms with van der Waals surface area (Å²) in [6.45, 7) is 6.40. The molecule has 0 saturated carbocycles. The van der Waals surface area contributed by atoms with Gasteiger partial charge in [-0.25, -0.2) is 8.78 Å². The zero-order valence-corrected chi connectivity index (χ0v) is 19.8. The van der Waals surface area contributed by atoms with Crippen LogP contribution in [0.15, 0.2) is 22.7 Å². The number of carbonyl (C=O) groups is 2. The molecule has 2 amide bonds. The largest absolute Gasteiger partial charge is 0.389 e. The van der Waals surface area contributed by atoms with Crippen molar-refractivity contribution in [2.45, 2.75) is 51.4 Å². The number of piperazine rings is 1. The molecule has 4 rings (SSSR count). The molecule has 2 aliphatic rings. The van der Waals surface area contributed by atoms with Crippen molar-refractivity contribution >= 4 is 11.8 Å². The summed E-state index contributed by atoms with van der Waals surface area (Å²) in [5, 5.41) is 24.1. The quantitative estimate of drug-likeness (QED) is 0.426. The van der Waals surface area contributed by atoms with Crippen molar-refractivity contribution in [1.82, 2.24) is 26.0 Å². The fourth-order valence-corrected chi connectivity index (χ4v) is 4.78. The summed E-state index contributed by atoms with van der Waals surface area (Å²) in [6.07, 6.45) is -0.962. The van der Waals surface area contributed by atoms with E-state index in [1.165, 1.54) is 12.1 Å². The van der Waals surface area contributed by atoms with Gasteiger partial charge in [0, 0.05) is 56.8 Å². The predicted molar refractivity (Wildman–Crippen MR) is 122 cm³/mol. The van der Waals surface area contributed by atoms with E-state index in [9.17, 15) is 23.5 Å². The van der Waals surface area contributed by atoms with E-state index < -0.39 is 35.7 Å². The molecule has 0 radical (unpaired) electrons. The standard InChI is InChI=1S/C24H31F2N5O4/c1-13-19(14(2)35-30-13)11-31-4-3-27-21(12-31)23(33)20(7-15-5-17(25)9-18(26)6-15)29-24(34)16-8-22(32)28-10-16/h5-6,9,16,20-21,23,27,33H,3-4,7-8,10-12H2,1-2H3,(H,28,32)(H,29,34)/t16?,20-,21+,23-/m0/s1. The Hall–Kier alpha value is -2.89. The summed E-state index contributed by atoms with van der Waals surface area (Å²) in [7, 11) is 0. The summed E-state index contributed by atoms with van der Waals surface area (Å²) in [5.74, 6) is -1.86. The second-order valence-electron chi connectivity index (χ2n) is 9.39. The van der Waals surface area contributed by atoms with Gasteiger partial charge in [0.15, 0.2) is 0 Å². The molecule has 4 atom stereocenters. The van der Waals surface area contributed by atoms with Gasteiger partial charge in [0.2, 0.25) is 11.8 Å². The zero-order chi connectivity index (χ0) is 25.1. The molecule has 190 valence electrons. The first-order valence-electron chi connectivity index (χ1n) is 11.8. The Morgan fingerprint density at radius 1 is 1.31 bits per heavy atom. The fraction of sp³-hybridized carbons (Fsp3) is 0.542. The number of amides is 2. The van der Waals surface area contributed by atoms with Gasteiger partial charge in [-0.05, 0) is 38.0 Å². The summed E-state index contributed by atoms with van der Waals surface area (Å²) in [6, 6.07) is 1.92. The van der Waals surface area contributed by atoms with Crippen molar-refractivity contribution in [3.8, 4) is 0 Å². The van der Waals surface area contributed by atoms with Crippen LogP contribution in [0.4, 0.5) is 8.78 Å². The van der Waals surface area contributed by atoms with E-state index in [1.54, 1.807) is 0 Å². The van der Waals surface area contributed by atoms with Gasteiger partial charge in [0.1, 0.15) is 17.4 Å². The van der Waals surface area contributed by atoms with Crippen molar-refractivity contribution in [2.75, 3.05) is 26.2 Å². The smallest absolute Gasteiger partial charge is 0.225 e. The van der Waals surface area contributed by atoms with Crippen LogP contribution in [0.3, 0.4) is 0 Å². The summed E-state index contributed by atoms with van der Waals surface area (Å²) < 4.78 is 32.9. The number of aliphatic hydroxyl groups is 1. The molecular formula is C24H31F2N5O4. The molecule has 1 unspecified atom stereocenters. The Bertz CT molecular complexity index is 1040. The minimum absolute atomic E-state index is 0.0255. The van der Waals surface area contributed by atoms with Gasteiger partial charge in [-0.1, -0.05) is 5.16 Å². The van der Waals surface area contributed by atoms with Gasteiger partial charge in [0.25, 0.3) is 0 Å². The number of aliphatic hydroxyl groups excluding tert-OH is 1. The maximum atomic E-state index is 13.8. The minimum atomic E-state index is -1.05. The van der Waals surface area contributed by atoms with Crippen LogP contribution in [0.2, 0.25) is 0 Å². The lowest BCUT2D eigenvalue weighted by Crippen LogP contribution is -2.61. The van der Waals surface area contributed by atoms with Crippen LogP contribution in [0, 0.1) is 31.4 Å². The second-order valence-corrected chi connectivity index (χ2v) is 9.39. The van der Waals surface area contributed by atoms with Crippen LogP contribution in [0.25, 0.3) is 0 Å². The first kappa shape index (κ1) is 25.2. The molecule has 1 aromatic heterocycles. The first-order valence-corrected chi connectivity index (χ1v) is 11.8. The fourth-order valence-electron chi connectivity index (χ4n) is 4.78. The van der Waals surface area contributed by atoms with Gasteiger partial charge in [-0.15, -0.1) is 0 Å². The normalized spacial score (nSPS) is 22.6. The number of halogens is 2. The molecule has 2 aliphatic heterocycles. The third kappa shape index (κ3) is 6.22. The topological polar surface area (TPSA) is 120 Å². The highest BCUT2D eigenvalue weighted by atomic mass is 19.1. The molecule has 2 saturated heterocycles. The third-order valence-electron chi connectivity index (χ3n) is 6.73. The van der Waals surface area contributed by atoms with E-state index >= 15 is 0 Å². The summed E-state index contributed by atoms with van der Waals surface area (Å²) >= 11 is 0. The number of rotatable bonds is 8. The molecule has 2 aromatic rings. The molecule has 4 N–H and O–H groups in total. The van der Waals surface area contributed by atoms with E-state index in [1.807, 2.05) is 13.8 Å². The molecule has 2 fully saturated rings. The van der Waals surface area contributed by atoms with Crippen LogP contribution >= 0.6 is 0 Å². The Labute approximate surface area is 202 Å². The minimum Gasteiger partial charge on any atom is -0.389 e. The highest BCUT2D eigenvalue weighted by Crippen LogP contribution is 2.19. The number of carbonyl (C=O) groups excluding carboxylic acids is 2. The number of benzene rings is 1. The van der Waals surface area contributed by atoms with E-state index in [0.717, 1.165) is 29.6 Å². The molecule has 35 heavy (non-hydrogen) atoms. The van der Waals surface area contributed by atoms with Crippen LogP contribution in [-0.2, 0) is 22.6 Å². The van der Waals surface area contributed by atoms with Gasteiger partial charge in [-0.2, -0.15) is 0 Å². The number of nitrogens with zero attached hydrogens (tertiary/aromatic N) is 2. The van der Waals surface area contributed by atoms with Gasteiger partial charge in [-0.3, -0.25) is 14.5 Å². The molecule has 0 aliphatic carbocycles. The zero-order valence-electron chi connectivity index (χ0n) is 19.8. The van der Waals surface area contributed by atoms with E-state index in [0.29, 0.717) is 25.2 Å². The molecule has 0 bridgehead atoms. The van der Waals surface area contributed by atoms with E-state index in [4.69, 9.17) is 4.52 Å². The number of aryl methyl sites for hydroxylation is 2. The van der Waals surface area contributed by atoms with Gasteiger partial charge >= 0.3 is 0 Å². The second kappa shape index (κ2) is 10.8. The van der Waals surface area contributed by atoms with Crippen molar-refractivity contribution in [1.29, 1.82) is 0 Å². The van der Waals surface area contributed by atoms with Gasteiger partial charge < -0.3 is 25.6 Å². The van der Waals surface area contributed by atoms with Crippen molar-refractivity contribution in [3.63, 3.8) is 0 Å². The van der Waals surface area contributed by atoms with Crippen LogP contribution in [0.5, 0.6) is 0 Å². The molecule has 0 spiro atoms. The third-order valence-corrected chi connectivity index (χ3v) is 6.73. The number of hydrogen-bond donors (Lipinski definition) is 4. The van der Waals surface area contributed by atoms with Crippen molar-refractivity contribution in [3.05, 3.63) is 52.4 Å². The Morgan fingerprint density at radius 3 is 2.69 bits per heavy atom. The lowest BCUT2D eigenvalue weighted by molar-refractivity contribution is -0.128. The van der Waals surface area contributed by atoms with Crippen molar-refractivity contribution in [2.24, 2.45) is 5.92 Å². The predicted octanol–water partition coefficient (Wildman–Crippen LogP) is 0.568. The Morgan fingerprint density at radius 2 is 2.06 bits per heavy atom. The van der Waals surface area contributed by atoms with Crippen LogP contribution in [0.1, 0.15) is 29.0 Å². The Balaban J connectivity index is 1.49. The summed E-state index contributed by atoms with van der Waals surface area (Å²) in [5.41, 5.74) is 2.13. The maximum Gasteiger partial charge on any atom is 0.225 e. The average molecular weight is 492 g/mol. The molecule has 9 nitrogen and oxygen atoms in total. The highest BCUT2D eigenvalue weighted by molar-refractivity contribution is 5.89. The monoisotopic (exact) mass is 491 g/mol. The van der Waals surface area contributed by atoms with Crippen LogP contribution in [-0.4, -0.2) is 71.3 Å². The van der Waals surface area contributed by atoms with E-state index in [-0.39, 0.29) is 31.2 Å². The lowest BCUT2D eigenvalue weighted by Gasteiger charge is -2.39. The Kier molecular flexibility index (Phi) is 7.78. The lowest BCUT2D eigenvalue weighted by atomic mass is 9.93. The number of nitrogens with one attached hydrogen (secondary N) is 3. The summed E-state index contributed by atoms with van der Waals surface area (Å²) in [4.78, 5) is 26.6. The number of aromatic nitrogens is 1. The molecular weight excluding hydrogens is 460 g/mol. The average Bonchev–Trinajstić information content (AvgIpc) is 3.38. The highest BCUT2D eigenvalue weighted by Gasteiger charge is 2.35. The first-order chi connectivity index (χ1) is 16.7. The molecule has 1 aromatic carbocycles. The van der Waals surface area contributed by atoms with Crippen LogP contribution < -0.4 is 16.0 Å².